The zero-order chi connectivity index (χ0) is 18.9. The molecule has 0 aliphatic carbocycles. The van der Waals surface area contributed by atoms with Crippen LogP contribution in [0.3, 0.4) is 0 Å². The molecule has 0 bridgehead atoms. The Bertz CT molecular complexity index is 758. The second kappa shape index (κ2) is 9.65. The number of carbonyl (C=O) groups excluding carboxylic acids is 2. The van der Waals surface area contributed by atoms with Crippen molar-refractivity contribution in [2.24, 2.45) is 0 Å². The van der Waals surface area contributed by atoms with Gasteiger partial charge in [0.1, 0.15) is 5.82 Å². The first-order valence-electron chi connectivity index (χ1n) is 8.82. The fourth-order valence-electron chi connectivity index (χ4n) is 2.64. The molecule has 2 rings (SSSR count). The number of benzene rings is 1. The summed E-state index contributed by atoms with van der Waals surface area (Å²) in [5, 5.41) is 2.66. The predicted octanol–water partition coefficient (Wildman–Crippen LogP) is 3.41. The molecule has 2 aromatic rings. The lowest BCUT2D eigenvalue weighted by atomic mass is 10.1. The highest BCUT2D eigenvalue weighted by molar-refractivity contribution is 5.99. The van der Waals surface area contributed by atoms with Gasteiger partial charge < -0.3 is 10.2 Å². The summed E-state index contributed by atoms with van der Waals surface area (Å²) in [5.41, 5.74) is 1.06. The lowest BCUT2D eigenvalue weighted by Crippen LogP contribution is -2.33. The van der Waals surface area contributed by atoms with Crippen LogP contribution in [0.25, 0.3) is 0 Å². The number of halogens is 1. The molecule has 2 amide bonds. The van der Waals surface area contributed by atoms with E-state index in [2.05, 4.69) is 10.3 Å². The van der Waals surface area contributed by atoms with Crippen LogP contribution < -0.4 is 5.32 Å². The number of pyridine rings is 1. The lowest BCUT2D eigenvalue weighted by Gasteiger charge is -2.21. The van der Waals surface area contributed by atoms with Crippen molar-refractivity contribution in [1.82, 2.24) is 15.2 Å². The molecule has 1 heterocycles. The van der Waals surface area contributed by atoms with Crippen LogP contribution in [-0.4, -0.2) is 34.8 Å². The number of rotatable bonds is 8. The molecule has 6 heteroatoms. The summed E-state index contributed by atoms with van der Waals surface area (Å²) in [6, 6.07) is 7.80. The first kappa shape index (κ1) is 19.6. The molecule has 1 aromatic carbocycles. The fraction of sp³-hybridized carbons (Fsp3) is 0.350. The summed E-state index contributed by atoms with van der Waals surface area (Å²) < 4.78 is 13.6. The van der Waals surface area contributed by atoms with E-state index >= 15 is 0 Å². The zero-order valence-corrected chi connectivity index (χ0v) is 15.2. The smallest absolute Gasteiger partial charge is 0.255 e. The number of hydrogen-bond donors (Lipinski definition) is 1. The molecule has 0 saturated carbocycles. The third-order valence-corrected chi connectivity index (χ3v) is 3.92. The molecular formula is C20H24FN3O2. The molecular weight excluding hydrogens is 333 g/mol. The van der Waals surface area contributed by atoms with Crippen LogP contribution in [0.1, 0.15) is 53.0 Å². The van der Waals surface area contributed by atoms with Gasteiger partial charge in [-0.25, -0.2) is 4.39 Å². The van der Waals surface area contributed by atoms with E-state index in [-0.39, 0.29) is 23.8 Å². The van der Waals surface area contributed by atoms with Gasteiger partial charge in [0, 0.05) is 37.6 Å². The highest BCUT2D eigenvalue weighted by atomic mass is 19.1. The number of nitrogens with zero attached hydrogens (tertiary/aromatic N) is 2. The summed E-state index contributed by atoms with van der Waals surface area (Å²) in [6.45, 7) is 5.43. The maximum Gasteiger partial charge on any atom is 0.255 e. The molecule has 138 valence electrons. The summed E-state index contributed by atoms with van der Waals surface area (Å²) in [4.78, 5) is 30.7. The third-order valence-electron chi connectivity index (χ3n) is 3.92. The van der Waals surface area contributed by atoms with E-state index in [1.165, 1.54) is 24.5 Å². The van der Waals surface area contributed by atoms with Crippen LogP contribution >= 0.6 is 0 Å². The van der Waals surface area contributed by atoms with Gasteiger partial charge in [-0.05, 0) is 25.0 Å². The minimum atomic E-state index is -0.395. The SMILES string of the molecule is CCCN(CCC)C(=O)c1cncc(C(=O)NCc2ccccc2F)c1. The number of carbonyl (C=O) groups is 2. The van der Waals surface area contributed by atoms with Crippen molar-refractivity contribution in [1.29, 1.82) is 0 Å². The van der Waals surface area contributed by atoms with Crippen LogP contribution in [0.5, 0.6) is 0 Å². The highest BCUT2D eigenvalue weighted by Crippen LogP contribution is 2.10. The van der Waals surface area contributed by atoms with Crippen molar-refractivity contribution >= 4 is 11.8 Å². The Hall–Kier alpha value is -2.76. The van der Waals surface area contributed by atoms with Crippen molar-refractivity contribution < 1.29 is 14.0 Å². The standard InChI is InChI=1S/C20H24FN3O2/c1-3-9-24(10-4-2)20(26)17-11-16(12-22-13-17)19(25)23-14-15-7-5-6-8-18(15)21/h5-8,11-13H,3-4,9-10,14H2,1-2H3,(H,23,25). The van der Waals surface area contributed by atoms with Crippen LogP contribution in [0.15, 0.2) is 42.7 Å². The van der Waals surface area contributed by atoms with Gasteiger partial charge in [-0.15, -0.1) is 0 Å². The van der Waals surface area contributed by atoms with Crippen molar-refractivity contribution in [3.63, 3.8) is 0 Å². The molecule has 0 unspecified atom stereocenters. The van der Waals surface area contributed by atoms with Gasteiger partial charge in [0.2, 0.25) is 0 Å². The Balaban J connectivity index is 2.08. The van der Waals surface area contributed by atoms with E-state index in [0.29, 0.717) is 24.2 Å². The van der Waals surface area contributed by atoms with Gasteiger partial charge in [-0.3, -0.25) is 14.6 Å². The molecule has 0 saturated heterocycles. The van der Waals surface area contributed by atoms with Gasteiger partial charge in [-0.2, -0.15) is 0 Å². The van der Waals surface area contributed by atoms with Crippen molar-refractivity contribution in [3.05, 3.63) is 65.2 Å². The molecule has 0 aliphatic heterocycles. The minimum absolute atomic E-state index is 0.0709. The molecule has 0 fully saturated rings. The molecule has 0 spiro atoms. The molecule has 5 nitrogen and oxygen atoms in total. The first-order valence-corrected chi connectivity index (χ1v) is 8.82. The largest absolute Gasteiger partial charge is 0.348 e. The third kappa shape index (κ3) is 5.12. The number of aromatic nitrogens is 1. The van der Waals surface area contributed by atoms with E-state index in [1.807, 2.05) is 13.8 Å². The Morgan fingerprint density at radius 3 is 2.38 bits per heavy atom. The van der Waals surface area contributed by atoms with E-state index < -0.39 is 5.91 Å². The molecule has 1 aromatic heterocycles. The molecule has 1 N–H and O–H groups in total. The van der Waals surface area contributed by atoms with Gasteiger partial charge >= 0.3 is 0 Å². The van der Waals surface area contributed by atoms with Crippen molar-refractivity contribution in [2.75, 3.05) is 13.1 Å². The average Bonchev–Trinajstić information content (AvgIpc) is 2.66. The Kier molecular flexibility index (Phi) is 7.26. The van der Waals surface area contributed by atoms with E-state index in [9.17, 15) is 14.0 Å². The van der Waals surface area contributed by atoms with E-state index in [4.69, 9.17) is 0 Å². The summed E-state index contributed by atoms with van der Waals surface area (Å²) >= 11 is 0. The summed E-state index contributed by atoms with van der Waals surface area (Å²) in [7, 11) is 0. The second-order valence-corrected chi connectivity index (χ2v) is 6.03. The van der Waals surface area contributed by atoms with Crippen LogP contribution in [0.2, 0.25) is 0 Å². The molecule has 26 heavy (non-hydrogen) atoms. The van der Waals surface area contributed by atoms with Crippen LogP contribution in [0, 0.1) is 5.82 Å². The van der Waals surface area contributed by atoms with E-state index in [0.717, 1.165) is 12.8 Å². The Morgan fingerprint density at radius 1 is 1.08 bits per heavy atom. The normalized spacial score (nSPS) is 10.4. The van der Waals surface area contributed by atoms with E-state index in [1.54, 1.807) is 23.1 Å². The summed E-state index contributed by atoms with van der Waals surface area (Å²) in [5.74, 6) is -0.900. The van der Waals surface area contributed by atoms with Gasteiger partial charge in [-0.1, -0.05) is 32.0 Å². The lowest BCUT2D eigenvalue weighted by molar-refractivity contribution is 0.0755. The highest BCUT2D eigenvalue weighted by Gasteiger charge is 2.17. The molecule has 0 radical (unpaired) electrons. The van der Waals surface area contributed by atoms with Gasteiger partial charge in [0.05, 0.1) is 11.1 Å². The first-order chi connectivity index (χ1) is 12.6. The Labute approximate surface area is 153 Å². The van der Waals surface area contributed by atoms with Crippen LogP contribution in [-0.2, 0) is 6.54 Å². The van der Waals surface area contributed by atoms with Gasteiger partial charge in [0.15, 0.2) is 0 Å². The minimum Gasteiger partial charge on any atom is -0.348 e. The monoisotopic (exact) mass is 357 g/mol. The molecule has 0 atom stereocenters. The fourth-order valence-corrected chi connectivity index (χ4v) is 2.64. The summed E-state index contributed by atoms with van der Waals surface area (Å²) in [6.07, 6.45) is 4.59. The number of amides is 2. The predicted molar refractivity (Wildman–Crippen MR) is 98.3 cm³/mol. The number of nitrogens with one attached hydrogen (secondary N) is 1. The van der Waals surface area contributed by atoms with Crippen molar-refractivity contribution in [2.45, 2.75) is 33.2 Å². The average molecular weight is 357 g/mol. The topological polar surface area (TPSA) is 62.3 Å². The Morgan fingerprint density at radius 2 is 1.73 bits per heavy atom. The quantitative estimate of drug-likeness (QED) is 0.787. The maximum absolute atomic E-state index is 13.6. The van der Waals surface area contributed by atoms with Crippen molar-refractivity contribution in [3.8, 4) is 0 Å². The molecule has 0 aliphatic rings. The number of hydrogen-bond acceptors (Lipinski definition) is 3. The zero-order valence-electron chi connectivity index (χ0n) is 15.2. The maximum atomic E-state index is 13.6. The van der Waals surface area contributed by atoms with Crippen LogP contribution in [0.4, 0.5) is 4.39 Å². The second-order valence-electron chi connectivity index (χ2n) is 6.03. The van der Waals surface area contributed by atoms with Gasteiger partial charge in [0.25, 0.3) is 11.8 Å².